The van der Waals surface area contributed by atoms with Gasteiger partial charge in [-0.25, -0.2) is 0 Å². The van der Waals surface area contributed by atoms with E-state index in [4.69, 9.17) is 5.26 Å². The van der Waals surface area contributed by atoms with E-state index in [2.05, 4.69) is 21.2 Å². The van der Waals surface area contributed by atoms with E-state index < -0.39 is 0 Å². The van der Waals surface area contributed by atoms with Gasteiger partial charge in [-0.2, -0.15) is 5.26 Å². The first-order chi connectivity index (χ1) is 7.56. The fourth-order valence-corrected chi connectivity index (χ4v) is 1.76. The summed E-state index contributed by atoms with van der Waals surface area (Å²) in [5, 5.41) is 11.3. The van der Waals surface area contributed by atoms with E-state index in [1.165, 1.54) is 0 Å². The fraction of sp³-hybridized carbons (Fsp3) is 0.333. The van der Waals surface area contributed by atoms with E-state index in [1.54, 1.807) is 6.07 Å². The molecule has 0 aromatic heterocycles. The summed E-state index contributed by atoms with van der Waals surface area (Å²) in [7, 11) is 0. The fourth-order valence-electron chi connectivity index (χ4n) is 1.31. The molecule has 0 aliphatic carbocycles. The second-order valence-electron chi connectivity index (χ2n) is 3.67. The lowest BCUT2D eigenvalue weighted by molar-refractivity contribution is 0.0940. The Morgan fingerprint density at radius 1 is 1.62 bits per heavy atom. The first-order valence-corrected chi connectivity index (χ1v) is 5.78. The normalized spacial score (nSPS) is 11.6. The van der Waals surface area contributed by atoms with Crippen LogP contribution in [-0.4, -0.2) is 11.9 Å². The molecule has 0 spiro atoms. The maximum atomic E-state index is 11.9. The summed E-state index contributed by atoms with van der Waals surface area (Å²) in [5.74, 6) is -0.154. The van der Waals surface area contributed by atoms with Crippen LogP contribution < -0.4 is 5.32 Å². The van der Waals surface area contributed by atoms with Gasteiger partial charge in [-0.15, -0.1) is 0 Å². The Bertz CT molecular complexity index is 437. The van der Waals surface area contributed by atoms with Gasteiger partial charge in [-0.1, -0.05) is 12.1 Å². The summed E-state index contributed by atoms with van der Waals surface area (Å²) in [6.45, 7) is 3.74. The maximum Gasteiger partial charge on any atom is 0.252 e. The highest BCUT2D eigenvalue weighted by Crippen LogP contribution is 2.20. The molecular weight excluding hydrogens is 268 g/mol. The number of hydrogen-bond donors (Lipinski definition) is 1. The van der Waals surface area contributed by atoms with E-state index in [0.29, 0.717) is 12.0 Å². The van der Waals surface area contributed by atoms with Gasteiger partial charge < -0.3 is 5.32 Å². The van der Waals surface area contributed by atoms with Crippen LogP contribution in [0.3, 0.4) is 0 Å². The minimum absolute atomic E-state index is 0.134. The van der Waals surface area contributed by atoms with Gasteiger partial charge in [-0.3, -0.25) is 4.79 Å². The van der Waals surface area contributed by atoms with Gasteiger partial charge in [0.2, 0.25) is 0 Å². The van der Waals surface area contributed by atoms with Crippen molar-refractivity contribution in [3.8, 4) is 6.07 Å². The Hall–Kier alpha value is -1.34. The van der Waals surface area contributed by atoms with Gasteiger partial charge in [0.1, 0.15) is 0 Å². The van der Waals surface area contributed by atoms with Crippen molar-refractivity contribution >= 4 is 21.8 Å². The van der Waals surface area contributed by atoms with Crippen molar-refractivity contribution in [1.82, 2.24) is 5.32 Å². The number of nitrogens with zero attached hydrogens (tertiary/aromatic N) is 1. The van der Waals surface area contributed by atoms with E-state index in [1.807, 2.05) is 32.0 Å². The molecule has 0 radical (unpaired) electrons. The lowest BCUT2D eigenvalue weighted by atomic mass is 10.1. The van der Waals surface area contributed by atoms with Gasteiger partial charge in [0, 0.05) is 10.5 Å². The summed E-state index contributed by atoms with van der Waals surface area (Å²) < 4.78 is 0.802. The van der Waals surface area contributed by atoms with Crippen LogP contribution in [0, 0.1) is 18.3 Å². The molecule has 4 heteroatoms. The molecule has 1 atom stereocenters. The highest BCUT2D eigenvalue weighted by atomic mass is 79.9. The molecule has 1 rings (SSSR count). The van der Waals surface area contributed by atoms with E-state index in [0.717, 1.165) is 10.0 Å². The number of halogens is 1. The molecule has 0 saturated carbocycles. The van der Waals surface area contributed by atoms with Crippen LogP contribution in [-0.2, 0) is 0 Å². The minimum atomic E-state index is -0.154. The zero-order chi connectivity index (χ0) is 12.1. The topological polar surface area (TPSA) is 52.9 Å². The van der Waals surface area contributed by atoms with Crippen LogP contribution in [0.5, 0.6) is 0 Å². The van der Waals surface area contributed by atoms with Crippen LogP contribution in [0.15, 0.2) is 22.7 Å². The van der Waals surface area contributed by atoms with Crippen molar-refractivity contribution < 1.29 is 4.79 Å². The summed E-state index contributed by atoms with van der Waals surface area (Å²) in [4.78, 5) is 11.9. The number of carbonyl (C=O) groups is 1. The number of nitriles is 1. The second-order valence-corrected chi connectivity index (χ2v) is 4.47. The first kappa shape index (κ1) is 12.7. The SMILES string of the molecule is Cc1cccc(C(=O)NC(C)CC#N)c1Br. The van der Waals surface area contributed by atoms with E-state index in [9.17, 15) is 4.79 Å². The smallest absolute Gasteiger partial charge is 0.252 e. The highest BCUT2D eigenvalue weighted by molar-refractivity contribution is 9.10. The molecule has 3 nitrogen and oxygen atoms in total. The second kappa shape index (κ2) is 5.66. The number of nitrogens with one attached hydrogen (secondary N) is 1. The predicted molar refractivity (Wildman–Crippen MR) is 66.0 cm³/mol. The van der Waals surface area contributed by atoms with E-state index in [-0.39, 0.29) is 11.9 Å². The van der Waals surface area contributed by atoms with Gasteiger partial charge in [-0.05, 0) is 41.4 Å². The first-order valence-electron chi connectivity index (χ1n) is 4.99. The molecule has 0 aliphatic rings. The molecule has 0 bridgehead atoms. The van der Waals surface area contributed by atoms with Crippen LogP contribution in [0.1, 0.15) is 29.3 Å². The Balaban J connectivity index is 2.82. The van der Waals surface area contributed by atoms with Gasteiger partial charge in [0.25, 0.3) is 5.91 Å². The number of carbonyl (C=O) groups excluding carboxylic acids is 1. The van der Waals surface area contributed by atoms with Crippen LogP contribution in [0.25, 0.3) is 0 Å². The number of amides is 1. The van der Waals surface area contributed by atoms with Crippen LogP contribution in [0.2, 0.25) is 0 Å². The third-order valence-electron chi connectivity index (χ3n) is 2.21. The average molecular weight is 281 g/mol. The molecule has 16 heavy (non-hydrogen) atoms. The molecule has 0 aliphatic heterocycles. The monoisotopic (exact) mass is 280 g/mol. The molecule has 1 N–H and O–H groups in total. The zero-order valence-electron chi connectivity index (χ0n) is 9.25. The van der Waals surface area contributed by atoms with Gasteiger partial charge in [0.15, 0.2) is 0 Å². The van der Waals surface area contributed by atoms with Crippen molar-refractivity contribution in [3.05, 3.63) is 33.8 Å². The van der Waals surface area contributed by atoms with Crippen molar-refractivity contribution in [2.45, 2.75) is 26.3 Å². The van der Waals surface area contributed by atoms with Crippen molar-refractivity contribution in [2.75, 3.05) is 0 Å². The van der Waals surface area contributed by atoms with Gasteiger partial charge >= 0.3 is 0 Å². The standard InChI is InChI=1S/C12H13BrN2O/c1-8-4-3-5-10(11(8)13)12(16)15-9(2)6-7-14/h3-5,9H,6H2,1-2H3,(H,15,16). The molecule has 1 unspecified atom stereocenters. The maximum absolute atomic E-state index is 11.9. The highest BCUT2D eigenvalue weighted by Gasteiger charge is 2.13. The summed E-state index contributed by atoms with van der Waals surface area (Å²) in [6, 6.07) is 7.41. The van der Waals surface area contributed by atoms with Crippen LogP contribution in [0.4, 0.5) is 0 Å². The third-order valence-corrected chi connectivity index (χ3v) is 3.26. The molecule has 0 saturated heterocycles. The number of hydrogen-bond acceptors (Lipinski definition) is 2. The zero-order valence-corrected chi connectivity index (χ0v) is 10.8. The lowest BCUT2D eigenvalue weighted by Crippen LogP contribution is -2.32. The minimum Gasteiger partial charge on any atom is -0.349 e. The largest absolute Gasteiger partial charge is 0.349 e. The Morgan fingerprint density at radius 3 is 2.94 bits per heavy atom. The molecule has 1 amide bonds. The van der Waals surface area contributed by atoms with Crippen LogP contribution >= 0.6 is 15.9 Å². The molecule has 84 valence electrons. The van der Waals surface area contributed by atoms with E-state index >= 15 is 0 Å². The van der Waals surface area contributed by atoms with Crippen molar-refractivity contribution in [1.29, 1.82) is 5.26 Å². The summed E-state index contributed by atoms with van der Waals surface area (Å²) in [6.07, 6.45) is 0.315. The average Bonchev–Trinajstić information content (AvgIpc) is 2.22. The Labute approximate surface area is 104 Å². The van der Waals surface area contributed by atoms with Gasteiger partial charge in [0.05, 0.1) is 18.1 Å². The number of benzene rings is 1. The van der Waals surface area contributed by atoms with Crippen molar-refractivity contribution in [3.63, 3.8) is 0 Å². The third kappa shape index (κ3) is 3.07. The molecule has 1 aromatic rings. The molecule has 0 fully saturated rings. The number of rotatable bonds is 3. The quantitative estimate of drug-likeness (QED) is 0.926. The summed E-state index contributed by atoms with van der Waals surface area (Å²) in [5.41, 5.74) is 1.62. The number of aryl methyl sites for hydroxylation is 1. The summed E-state index contributed by atoms with van der Waals surface area (Å²) >= 11 is 3.38. The Kier molecular flexibility index (Phi) is 4.51. The molecular formula is C12H13BrN2O. The predicted octanol–water partition coefficient (Wildman–Crippen LogP) is 2.79. The Morgan fingerprint density at radius 2 is 2.31 bits per heavy atom. The molecule has 0 heterocycles. The molecule has 1 aromatic carbocycles. The lowest BCUT2D eigenvalue weighted by Gasteiger charge is -2.12. The van der Waals surface area contributed by atoms with Crippen molar-refractivity contribution in [2.24, 2.45) is 0 Å².